The Morgan fingerprint density at radius 1 is 1.04 bits per heavy atom. The average Bonchev–Trinajstić information content (AvgIpc) is 3.71. The summed E-state index contributed by atoms with van der Waals surface area (Å²) < 4.78 is 31.8. The Labute approximate surface area is 290 Å². The summed E-state index contributed by atoms with van der Waals surface area (Å²) in [5.41, 5.74) is 1.91. The smallest absolute Gasteiger partial charge is 0.305 e. The molecule has 4 aliphatic rings. The van der Waals surface area contributed by atoms with E-state index in [0.717, 1.165) is 78.6 Å². The molecule has 0 amide bonds. The molecule has 1 saturated heterocycles. The Morgan fingerprint density at radius 2 is 1.86 bits per heavy atom. The lowest BCUT2D eigenvalue weighted by Gasteiger charge is -2.46. The van der Waals surface area contributed by atoms with Crippen molar-refractivity contribution in [2.24, 2.45) is 17.8 Å². The zero-order valence-corrected chi connectivity index (χ0v) is 29.7. The maximum Gasteiger partial charge on any atom is 0.305 e. The number of nitrogens with one attached hydrogen (secondary N) is 1. The van der Waals surface area contributed by atoms with Gasteiger partial charge in [-0.2, -0.15) is 0 Å². The Hall–Kier alpha value is -3.41. The molecule has 7 rings (SSSR count). The van der Waals surface area contributed by atoms with E-state index in [1.54, 1.807) is 20.5 Å². The van der Waals surface area contributed by atoms with Crippen LogP contribution in [0, 0.1) is 17.8 Å². The fraction of sp³-hybridized carbons (Fsp3) is 0.658. The van der Waals surface area contributed by atoms with Crippen LogP contribution in [0.15, 0.2) is 36.8 Å². The molecule has 0 spiro atoms. The summed E-state index contributed by atoms with van der Waals surface area (Å²) in [6.45, 7) is 9.12. The largest absolute Gasteiger partial charge is 0.497 e. The Morgan fingerprint density at radius 3 is 2.59 bits per heavy atom. The first kappa shape index (κ1) is 34.1. The highest BCUT2D eigenvalue weighted by Crippen LogP contribution is 2.49. The first-order chi connectivity index (χ1) is 23.7. The van der Waals surface area contributed by atoms with E-state index in [4.69, 9.17) is 28.7 Å². The minimum Gasteiger partial charge on any atom is -0.497 e. The van der Waals surface area contributed by atoms with Gasteiger partial charge in [-0.15, -0.1) is 0 Å². The van der Waals surface area contributed by atoms with Crippen molar-refractivity contribution in [1.82, 2.24) is 19.4 Å². The highest BCUT2D eigenvalue weighted by atomic mass is 16.8. The molecule has 2 aromatic heterocycles. The topological polar surface area (TPSA) is 109 Å². The maximum absolute atomic E-state index is 12.0. The van der Waals surface area contributed by atoms with E-state index < -0.39 is 5.79 Å². The molecule has 3 saturated carbocycles. The number of fused-ring (bicyclic) bond motifs is 2. The number of carbonyl (C=O) groups is 1. The van der Waals surface area contributed by atoms with Gasteiger partial charge in [0.25, 0.3) is 0 Å². The van der Waals surface area contributed by atoms with E-state index in [1.807, 2.05) is 39.0 Å². The van der Waals surface area contributed by atoms with Crippen molar-refractivity contribution < 1.29 is 28.5 Å². The number of esters is 1. The van der Waals surface area contributed by atoms with Gasteiger partial charge in [0.2, 0.25) is 0 Å². The molecule has 1 aromatic carbocycles. The van der Waals surface area contributed by atoms with Crippen LogP contribution in [0.5, 0.6) is 11.5 Å². The monoisotopic (exact) mass is 675 g/mol. The molecule has 0 bridgehead atoms. The van der Waals surface area contributed by atoms with E-state index in [2.05, 4.69) is 32.0 Å². The third-order valence-corrected chi connectivity index (χ3v) is 11.3. The third kappa shape index (κ3) is 7.25. The van der Waals surface area contributed by atoms with Crippen molar-refractivity contribution in [3.8, 4) is 11.5 Å². The van der Waals surface area contributed by atoms with Gasteiger partial charge in [-0.3, -0.25) is 9.69 Å². The lowest BCUT2D eigenvalue weighted by molar-refractivity contribution is -0.161. The van der Waals surface area contributed by atoms with Crippen molar-refractivity contribution in [3.05, 3.63) is 42.4 Å². The Kier molecular flexibility index (Phi) is 10.0. The second-order valence-electron chi connectivity index (χ2n) is 14.9. The van der Waals surface area contributed by atoms with Crippen LogP contribution >= 0.6 is 0 Å². The highest BCUT2D eigenvalue weighted by molar-refractivity contribution is 5.87. The summed E-state index contributed by atoms with van der Waals surface area (Å²) in [6.07, 6.45) is 12.5. The van der Waals surface area contributed by atoms with Crippen molar-refractivity contribution in [1.29, 1.82) is 0 Å². The lowest BCUT2D eigenvalue weighted by Crippen LogP contribution is -2.50. The van der Waals surface area contributed by atoms with Crippen molar-refractivity contribution >= 4 is 22.8 Å². The number of rotatable bonds is 15. The van der Waals surface area contributed by atoms with Gasteiger partial charge < -0.3 is 33.6 Å². The molecule has 4 atom stereocenters. The van der Waals surface area contributed by atoms with Crippen LogP contribution in [0.4, 0.5) is 5.82 Å². The number of carbonyl (C=O) groups excluding carboxylic acids is 1. The SMILES string of the molecule is CCOC(=O)CC[C@H]1C[C@@H](N(CC2CCC2)C[C@H]2C[C@@H](n3ccc4c(NCc5ccc(OC)cc5OC)ncnc43)[C@@H]3OC(C)(C)O[C@H]23)C1. The number of benzene rings is 1. The number of anilines is 1. The quantitative estimate of drug-likeness (QED) is 0.183. The van der Waals surface area contributed by atoms with Gasteiger partial charge in [0.1, 0.15) is 35.4 Å². The molecular formula is C38H53N5O6. The molecule has 0 unspecified atom stereocenters. The van der Waals surface area contributed by atoms with Gasteiger partial charge in [0, 0.05) is 55.8 Å². The maximum atomic E-state index is 12.0. The number of hydrogen-bond acceptors (Lipinski definition) is 10. The molecule has 1 aliphatic heterocycles. The first-order valence-corrected chi connectivity index (χ1v) is 18.3. The van der Waals surface area contributed by atoms with Crippen LogP contribution < -0.4 is 14.8 Å². The molecule has 11 nitrogen and oxygen atoms in total. The molecular weight excluding hydrogens is 622 g/mol. The summed E-state index contributed by atoms with van der Waals surface area (Å²) >= 11 is 0. The van der Waals surface area contributed by atoms with Crippen molar-refractivity contribution in [3.63, 3.8) is 0 Å². The van der Waals surface area contributed by atoms with Gasteiger partial charge in [-0.1, -0.05) is 6.42 Å². The standard InChI is InChI=1S/C38H53N5O6/c1-6-47-33(44)13-10-25-16-28(17-25)42(21-24-8-7-9-24)22-27-18-31(35-34(27)48-38(2,3)49-35)43-15-14-30-36(40-23-41-37(30)43)39-20-26-11-12-29(45-4)19-32(26)46-5/h11-12,14-15,19,23-25,27-28,31,34-35H,6-10,13,16-18,20-22H2,1-5H3,(H,39,40,41)/t25-,27-,28+,31-,34-,35+/m1/s1. The minimum atomic E-state index is -0.637. The van der Waals surface area contributed by atoms with Crippen molar-refractivity contribution in [2.45, 2.75) is 109 Å². The predicted octanol–water partition coefficient (Wildman–Crippen LogP) is 6.37. The van der Waals surface area contributed by atoms with Gasteiger partial charge in [-0.05, 0) is 89.3 Å². The summed E-state index contributed by atoms with van der Waals surface area (Å²) in [7, 11) is 3.32. The molecule has 3 aromatic rings. The third-order valence-electron chi connectivity index (χ3n) is 11.3. The number of hydrogen-bond donors (Lipinski definition) is 1. The van der Waals surface area contributed by atoms with Gasteiger partial charge >= 0.3 is 5.97 Å². The molecule has 3 heterocycles. The highest BCUT2D eigenvalue weighted by Gasteiger charge is 2.55. The van der Waals surface area contributed by atoms with Crippen LogP contribution in [0.2, 0.25) is 0 Å². The number of nitrogens with zero attached hydrogens (tertiary/aromatic N) is 4. The first-order valence-electron chi connectivity index (χ1n) is 18.3. The zero-order chi connectivity index (χ0) is 34.1. The van der Waals surface area contributed by atoms with Gasteiger partial charge in [0.15, 0.2) is 5.79 Å². The molecule has 0 radical (unpaired) electrons. The van der Waals surface area contributed by atoms with E-state index in [-0.39, 0.29) is 24.2 Å². The number of aromatic nitrogens is 3. The zero-order valence-electron chi connectivity index (χ0n) is 29.7. The van der Waals surface area contributed by atoms with Crippen LogP contribution in [0.1, 0.15) is 83.7 Å². The average molecular weight is 676 g/mol. The molecule has 1 N–H and O–H groups in total. The van der Waals surface area contributed by atoms with Crippen LogP contribution in [0.3, 0.4) is 0 Å². The van der Waals surface area contributed by atoms with E-state index >= 15 is 0 Å². The molecule has 4 fully saturated rings. The van der Waals surface area contributed by atoms with E-state index in [1.165, 1.54) is 19.3 Å². The normalized spacial score (nSPS) is 27.5. The number of methoxy groups -OCH3 is 2. The number of ether oxygens (including phenoxy) is 5. The second kappa shape index (κ2) is 14.4. The Bertz CT molecular complexity index is 1600. The predicted molar refractivity (Wildman–Crippen MR) is 187 cm³/mol. The molecule has 3 aliphatic carbocycles. The molecule has 266 valence electrons. The van der Waals surface area contributed by atoms with Crippen molar-refractivity contribution in [2.75, 3.05) is 39.2 Å². The van der Waals surface area contributed by atoms with Crippen LogP contribution in [-0.2, 0) is 25.5 Å². The minimum absolute atomic E-state index is 0.0167. The fourth-order valence-corrected chi connectivity index (χ4v) is 8.53. The second-order valence-corrected chi connectivity index (χ2v) is 14.9. The molecule has 11 heteroatoms. The summed E-state index contributed by atoms with van der Waals surface area (Å²) in [5, 5.41) is 4.50. The lowest BCUT2D eigenvalue weighted by atomic mass is 9.75. The molecule has 49 heavy (non-hydrogen) atoms. The van der Waals surface area contributed by atoms with E-state index in [9.17, 15) is 4.79 Å². The Balaban J connectivity index is 1.07. The van der Waals surface area contributed by atoms with E-state index in [0.29, 0.717) is 37.5 Å². The summed E-state index contributed by atoms with van der Waals surface area (Å²) in [4.78, 5) is 24.1. The van der Waals surface area contributed by atoms with Crippen LogP contribution in [0.25, 0.3) is 11.0 Å². The fourth-order valence-electron chi connectivity index (χ4n) is 8.53. The van der Waals surface area contributed by atoms with Crippen LogP contribution in [-0.4, -0.2) is 83.4 Å². The summed E-state index contributed by atoms with van der Waals surface area (Å²) in [5.74, 6) is 3.33. The van der Waals surface area contributed by atoms with Gasteiger partial charge in [-0.25, -0.2) is 9.97 Å². The summed E-state index contributed by atoms with van der Waals surface area (Å²) in [6, 6.07) is 8.62. The van der Waals surface area contributed by atoms with Gasteiger partial charge in [0.05, 0.1) is 38.4 Å².